The van der Waals surface area contributed by atoms with Gasteiger partial charge in [-0.2, -0.15) is 0 Å². The van der Waals surface area contributed by atoms with E-state index in [1.807, 2.05) is 6.92 Å². The first-order chi connectivity index (χ1) is 13.2. The Balaban J connectivity index is 2.01. The Morgan fingerprint density at radius 3 is 2.64 bits per heavy atom. The predicted molar refractivity (Wildman–Crippen MR) is 109 cm³/mol. The minimum atomic E-state index is -0.580. The molecule has 0 spiro atoms. The average molecular weight is 421 g/mol. The van der Waals surface area contributed by atoms with Crippen molar-refractivity contribution in [3.05, 3.63) is 72.5 Å². The Hall–Kier alpha value is -2.64. The van der Waals surface area contributed by atoms with E-state index in [0.717, 1.165) is 5.56 Å². The fraction of sp³-hybridized carbons (Fsp3) is 0.263. The van der Waals surface area contributed by atoms with Crippen molar-refractivity contribution in [2.45, 2.75) is 26.4 Å². The summed E-state index contributed by atoms with van der Waals surface area (Å²) >= 11 is 12.2. The molecule has 0 unspecified atom stereocenters. The zero-order valence-corrected chi connectivity index (χ0v) is 17.0. The lowest BCUT2D eigenvalue weighted by Crippen LogP contribution is -2.32. The third-order valence-electron chi connectivity index (χ3n) is 4.71. The molecule has 3 rings (SSSR count). The van der Waals surface area contributed by atoms with Crippen molar-refractivity contribution in [3.8, 4) is 0 Å². The summed E-state index contributed by atoms with van der Waals surface area (Å²) < 4.78 is 1.34. The molecule has 0 fully saturated rings. The first-order valence-electron chi connectivity index (χ1n) is 8.59. The standard InChI is InChI=1S/C19H18Cl2N4O3/c1-4-25-16-14(17(26)23-19(25)28)7-11(9-22-16)18(27)24(3)10(2)13-6-5-12(20)8-15(13)21/h5-10H,4H2,1-3H3,(H,23,26,28)/t10-/m1/s1. The van der Waals surface area contributed by atoms with E-state index in [2.05, 4.69) is 9.97 Å². The molecule has 1 aromatic carbocycles. The summed E-state index contributed by atoms with van der Waals surface area (Å²) in [6.07, 6.45) is 1.36. The molecule has 9 heteroatoms. The fourth-order valence-electron chi connectivity index (χ4n) is 3.01. The van der Waals surface area contributed by atoms with E-state index in [-0.39, 0.29) is 28.5 Å². The Bertz CT molecular complexity index is 1190. The van der Waals surface area contributed by atoms with Crippen molar-refractivity contribution < 1.29 is 4.79 Å². The SMILES string of the molecule is CCn1c(=O)[nH]c(=O)c2cc(C(=O)N(C)[C@H](C)c3ccc(Cl)cc3Cl)cnc21. The normalized spacial score (nSPS) is 12.2. The highest BCUT2D eigenvalue weighted by Gasteiger charge is 2.22. The van der Waals surface area contributed by atoms with Crippen LogP contribution in [0.1, 0.15) is 35.8 Å². The second-order valence-electron chi connectivity index (χ2n) is 6.36. The molecule has 0 aliphatic carbocycles. The van der Waals surface area contributed by atoms with Gasteiger partial charge in [0.15, 0.2) is 0 Å². The second-order valence-corrected chi connectivity index (χ2v) is 7.20. The number of aryl methyl sites for hydroxylation is 1. The van der Waals surface area contributed by atoms with Crippen molar-refractivity contribution in [3.63, 3.8) is 0 Å². The number of nitrogens with zero attached hydrogens (tertiary/aromatic N) is 3. The second kappa shape index (κ2) is 7.77. The molecular formula is C19H18Cl2N4O3. The number of rotatable bonds is 4. The van der Waals surface area contributed by atoms with E-state index >= 15 is 0 Å². The van der Waals surface area contributed by atoms with Gasteiger partial charge in [-0.1, -0.05) is 29.3 Å². The molecule has 0 bridgehead atoms. The van der Waals surface area contributed by atoms with Gasteiger partial charge in [0.1, 0.15) is 5.65 Å². The van der Waals surface area contributed by atoms with Gasteiger partial charge in [0.25, 0.3) is 11.5 Å². The van der Waals surface area contributed by atoms with E-state index < -0.39 is 11.2 Å². The van der Waals surface area contributed by atoms with Crippen molar-refractivity contribution in [1.29, 1.82) is 0 Å². The number of benzene rings is 1. The monoisotopic (exact) mass is 420 g/mol. The summed E-state index contributed by atoms with van der Waals surface area (Å²) in [4.78, 5) is 45.0. The number of amides is 1. The molecule has 0 saturated carbocycles. The molecule has 1 N–H and O–H groups in total. The van der Waals surface area contributed by atoms with Crippen molar-refractivity contribution in [2.24, 2.45) is 0 Å². The maximum atomic E-state index is 13.0. The highest BCUT2D eigenvalue weighted by atomic mass is 35.5. The lowest BCUT2D eigenvalue weighted by molar-refractivity contribution is 0.0742. The highest BCUT2D eigenvalue weighted by molar-refractivity contribution is 6.35. The number of carbonyl (C=O) groups is 1. The third kappa shape index (κ3) is 3.55. The summed E-state index contributed by atoms with van der Waals surface area (Å²) in [6.45, 7) is 3.95. The number of pyridine rings is 1. The van der Waals surface area contributed by atoms with Crippen LogP contribution >= 0.6 is 23.2 Å². The molecule has 28 heavy (non-hydrogen) atoms. The first kappa shape index (κ1) is 20.1. The van der Waals surface area contributed by atoms with Gasteiger partial charge in [-0.05, 0) is 37.6 Å². The van der Waals surface area contributed by atoms with Gasteiger partial charge >= 0.3 is 5.69 Å². The van der Waals surface area contributed by atoms with Gasteiger partial charge in [-0.15, -0.1) is 0 Å². The number of hydrogen-bond acceptors (Lipinski definition) is 4. The number of aromatic nitrogens is 3. The van der Waals surface area contributed by atoms with Crippen molar-refractivity contribution in [1.82, 2.24) is 19.4 Å². The quantitative estimate of drug-likeness (QED) is 0.701. The smallest absolute Gasteiger partial charge is 0.329 e. The number of hydrogen-bond donors (Lipinski definition) is 1. The lowest BCUT2D eigenvalue weighted by atomic mass is 10.1. The van der Waals surface area contributed by atoms with Crippen LogP contribution < -0.4 is 11.2 Å². The molecule has 7 nitrogen and oxygen atoms in total. The van der Waals surface area contributed by atoms with Gasteiger partial charge < -0.3 is 4.90 Å². The largest absolute Gasteiger partial charge is 0.335 e. The lowest BCUT2D eigenvalue weighted by Gasteiger charge is -2.26. The number of carbonyl (C=O) groups excluding carboxylic acids is 1. The molecule has 1 atom stereocenters. The summed E-state index contributed by atoms with van der Waals surface area (Å²) in [5, 5.41) is 1.15. The Morgan fingerprint density at radius 1 is 1.29 bits per heavy atom. The van der Waals surface area contributed by atoms with Crippen LogP contribution in [0.3, 0.4) is 0 Å². The Kier molecular flexibility index (Phi) is 5.58. The summed E-state index contributed by atoms with van der Waals surface area (Å²) in [5.74, 6) is -0.332. The topological polar surface area (TPSA) is 88.1 Å². The predicted octanol–water partition coefficient (Wildman–Crippen LogP) is 3.24. The van der Waals surface area contributed by atoms with Crippen molar-refractivity contribution in [2.75, 3.05) is 7.05 Å². The van der Waals surface area contributed by atoms with Crippen LogP contribution in [0, 0.1) is 0 Å². The Labute approximate surface area is 170 Å². The van der Waals surface area contributed by atoms with Gasteiger partial charge in [-0.3, -0.25) is 19.1 Å². The molecule has 0 saturated heterocycles. The van der Waals surface area contributed by atoms with Gasteiger partial charge in [0, 0.05) is 29.8 Å². The van der Waals surface area contributed by atoms with Gasteiger partial charge in [0.2, 0.25) is 0 Å². The maximum Gasteiger partial charge on any atom is 0.329 e. The van der Waals surface area contributed by atoms with Gasteiger partial charge in [-0.25, -0.2) is 9.78 Å². The molecule has 146 valence electrons. The van der Waals surface area contributed by atoms with E-state index in [4.69, 9.17) is 23.2 Å². The number of aromatic amines is 1. The van der Waals surface area contributed by atoms with E-state index in [0.29, 0.717) is 16.6 Å². The van der Waals surface area contributed by atoms with Crippen LogP contribution in [0.25, 0.3) is 11.0 Å². The third-order valence-corrected chi connectivity index (χ3v) is 5.27. The maximum absolute atomic E-state index is 13.0. The molecule has 1 amide bonds. The molecule has 3 aromatic rings. The molecule has 2 aromatic heterocycles. The summed E-state index contributed by atoms with van der Waals surface area (Å²) in [7, 11) is 1.64. The van der Waals surface area contributed by atoms with Crippen LogP contribution in [-0.4, -0.2) is 32.4 Å². The van der Waals surface area contributed by atoms with Crippen LogP contribution in [0.15, 0.2) is 40.1 Å². The minimum absolute atomic E-state index is 0.179. The highest BCUT2D eigenvalue weighted by Crippen LogP contribution is 2.29. The number of H-pyrrole nitrogens is 1. The Morgan fingerprint density at radius 2 is 2.00 bits per heavy atom. The van der Waals surface area contributed by atoms with E-state index in [9.17, 15) is 14.4 Å². The molecular weight excluding hydrogens is 403 g/mol. The molecule has 0 aliphatic rings. The van der Waals surface area contributed by atoms with Crippen molar-refractivity contribution >= 4 is 40.1 Å². The fourth-order valence-corrected chi connectivity index (χ4v) is 3.57. The zero-order chi connectivity index (χ0) is 20.6. The van der Waals surface area contributed by atoms with E-state index in [1.165, 1.54) is 21.7 Å². The van der Waals surface area contributed by atoms with Gasteiger partial charge in [0.05, 0.1) is 17.0 Å². The number of nitrogens with one attached hydrogen (secondary N) is 1. The van der Waals surface area contributed by atoms with Crippen LogP contribution in [0.5, 0.6) is 0 Å². The summed E-state index contributed by atoms with van der Waals surface area (Å²) in [5.41, 5.74) is 0.106. The summed E-state index contributed by atoms with van der Waals surface area (Å²) in [6, 6.07) is 6.20. The minimum Gasteiger partial charge on any atom is -0.335 e. The molecule has 2 heterocycles. The number of fused-ring (bicyclic) bond motifs is 1. The zero-order valence-electron chi connectivity index (χ0n) is 15.5. The van der Waals surface area contributed by atoms with Crippen LogP contribution in [0.4, 0.5) is 0 Å². The average Bonchev–Trinajstić information content (AvgIpc) is 2.66. The molecule has 0 aliphatic heterocycles. The van der Waals surface area contributed by atoms with Crippen LogP contribution in [-0.2, 0) is 6.54 Å². The first-order valence-corrected chi connectivity index (χ1v) is 9.35. The number of halogens is 2. The molecule has 0 radical (unpaired) electrons. The van der Waals surface area contributed by atoms with Crippen LogP contribution in [0.2, 0.25) is 10.0 Å². The van der Waals surface area contributed by atoms with E-state index in [1.54, 1.807) is 32.2 Å².